The highest BCUT2D eigenvalue weighted by molar-refractivity contribution is 7.89. The van der Waals surface area contributed by atoms with E-state index in [4.69, 9.17) is 10.9 Å². The summed E-state index contributed by atoms with van der Waals surface area (Å²) >= 11 is 0. The van der Waals surface area contributed by atoms with E-state index in [9.17, 15) is 13.2 Å². The van der Waals surface area contributed by atoms with Crippen LogP contribution in [-0.4, -0.2) is 49.7 Å². The van der Waals surface area contributed by atoms with Gasteiger partial charge < -0.3 is 10.6 Å². The molecule has 3 rings (SSSR count). The second-order valence-electron chi connectivity index (χ2n) is 6.39. The Morgan fingerprint density at radius 2 is 1.83 bits per heavy atom. The van der Waals surface area contributed by atoms with Gasteiger partial charge in [0.2, 0.25) is 21.9 Å². The minimum absolute atomic E-state index is 0.107. The number of primary sulfonamides is 1. The Kier molecular flexibility index (Phi) is 4.59. The number of nitrogens with zero attached hydrogens (tertiary/aromatic N) is 4. The maximum atomic E-state index is 12.2. The average Bonchev–Trinajstić information content (AvgIpc) is 2.86. The average molecular weight is 354 g/mol. The van der Waals surface area contributed by atoms with Gasteiger partial charge in [-0.1, -0.05) is 0 Å². The highest BCUT2D eigenvalue weighted by atomic mass is 32.2. The van der Waals surface area contributed by atoms with Crippen LogP contribution >= 0.6 is 0 Å². The first kappa shape index (κ1) is 16.9. The van der Waals surface area contributed by atoms with Crippen molar-refractivity contribution in [2.45, 2.75) is 25.7 Å². The molecule has 2 aliphatic rings. The number of sulfonamides is 1. The van der Waals surface area contributed by atoms with Crippen LogP contribution in [-0.2, 0) is 14.8 Å². The second kappa shape index (κ2) is 6.52. The maximum Gasteiger partial charge on any atom is 0.228 e. The molecule has 0 aromatic carbocycles. The molecule has 24 heavy (non-hydrogen) atoms. The summed E-state index contributed by atoms with van der Waals surface area (Å²) in [6.07, 6.45) is 3.53. The van der Waals surface area contributed by atoms with E-state index in [1.54, 1.807) is 6.07 Å². The van der Waals surface area contributed by atoms with Crippen LogP contribution in [0.1, 0.15) is 25.7 Å². The first-order chi connectivity index (χ1) is 11.3. The number of nitrogens with two attached hydrogens (primary N) is 2. The molecule has 3 heterocycles. The molecular formula is C14H22N6O3S. The van der Waals surface area contributed by atoms with Gasteiger partial charge in [-0.25, -0.2) is 13.6 Å². The van der Waals surface area contributed by atoms with Crippen molar-refractivity contribution in [1.82, 2.24) is 9.97 Å². The monoisotopic (exact) mass is 354 g/mol. The zero-order valence-electron chi connectivity index (χ0n) is 13.4. The number of carbonyl (C=O) groups is 1. The molecule has 2 aliphatic heterocycles. The van der Waals surface area contributed by atoms with E-state index >= 15 is 0 Å². The van der Waals surface area contributed by atoms with Crippen molar-refractivity contribution in [3.8, 4) is 0 Å². The lowest BCUT2D eigenvalue weighted by atomic mass is 10.1. The fourth-order valence-electron chi connectivity index (χ4n) is 3.31. The van der Waals surface area contributed by atoms with E-state index in [1.165, 1.54) is 11.3 Å². The van der Waals surface area contributed by atoms with E-state index in [1.807, 2.05) is 0 Å². The third-order valence-corrected chi connectivity index (χ3v) is 5.28. The summed E-state index contributed by atoms with van der Waals surface area (Å²) in [7, 11) is -3.61. The smallest absolute Gasteiger partial charge is 0.228 e. The standard InChI is InChI=1S/C14H22N6O3S/c15-14-17-11(19-4-2-1-3-5-19)7-12(18-14)20-8-10(6-13(20)21)9-24(16,22)23/h7,10H,1-6,8-9H2,(H2,15,17,18)(H2,16,22,23). The van der Waals surface area contributed by atoms with E-state index in [0.29, 0.717) is 11.6 Å². The van der Waals surface area contributed by atoms with Gasteiger partial charge in [0.05, 0.1) is 5.75 Å². The van der Waals surface area contributed by atoms with Crippen molar-refractivity contribution < 1.29 is 13.2 Å². The van der Waals surface area contributed by atoms with Crippen LogP contribution < -0.4 is 20.7 Å². The molecule has 132 valence electrons. The predicted molar refractivity (Wildman–Crippen MR) is 90.9 cm³/mol. The van der Waals surface area contributed by atoms with E-state index in [-0.39, 0.29) is 36.5 Å². The molecule has 1 aromatic rings. The van der Waals surface area contributed by atoms with Crippen molar-refractivity contribution in [3.63, 3.8) is 0 Å². The highest BCUT2D eigenvalue weighted by Gasteiger charge is 2.34. The van der Waals surface area contributed by atoms with Crippen molar-refractivity contribution in [3.05, 3.63) is 6.07 Å². The van der Waals surface area contributed by atoms with Gasteiger partial charge in [-0.3, -0.25) is 9.69 Å². The molecule has 2 saturated heterocycles. The van der Waals surface area contributed by atoms with Crippen molar-refractivity contribution in [2.75, 3.05) is 40.9 Å². The van der Waals surface area contributed by atoms with Crippen LogP contribution in [0.2, 0.25) is 0 Å². The molecule has 1 amide bonds. The molecule has 1 aromatic heterocycles. The first-order valence-electron chi connectivity index (χ1n) is 8.02. The Hall–Kier alpha value is -1.94. The maximum absolute atomic E-state index is 12.2. The molecular weight excluding hydrogens is 332 g/mol. The lowest BCUT2D eigenvalue weighted by Crippen LogP contribution is -2.32. The van der Waals surface area contributed by atoms with Gasteiger partial charge in [-0.15, -0.1) is 0 Å². The Bertz CT molecular complexity index is 732. The third-order valence-electron chi connectivity index (χ3n) is 4.35. The van der Waals surface area contributed by atoms with Crippen LogP contribution in [0.4, 0.5) is 17.6 Å². The number of anilines is 3. The van der Waals surface area contributed by atoms with Crippen LogP contribution in [0.25, 0.3) is 0 Å². The lowest BCUT2D eigenvalue weighted by molar-refractivity contribution is -0.117. The number of rotatable bonds is 4. The summed E-state index contributed by atoms with van der Waals surface area (Å²) in [5.41, 5.74) is 5.81. The van der Waals surface area contributed by atoms with Crippen LogP contribution in [0.5, 0.6) is 0 Å². The minimum Gasteiger partial charge on any atom is -0.368 e. The summed E-state index contributed by atoms with van der Waals surface area (Å²) in [5, 5.41) is 5.08. The van der Waals surface area contributed by atoms with Crippen LogP contribution in [0.15, 0.2) is 6.07 Å². The number of amides is 1. The molecule has 1 unspecified atom stereocenters. The molecule has 0 spiro atoms. The Morgan fingerprint density at radius 1 is 1.17 bits per heavy atom. The number of piperidine rings is 1. The third kappa shape index (κ3) is 3.93. The molecule has 10 heteroatoms. The Labute approximate surface area is 141 Å². The van der Waals surface area contributed by atoms with Gasteiger partial charge in [0.25, 0.3) is 0 Å². The molecule has 1 atom stereocenters. The Balaban J connectivity index is 1.81. The first-order valence-corrected chi connectivity index (χ1v) is 9.74. The molecule has 4 N–H and O–H groups in total. The summed E-state index contributed by atoms with van der Waals surface area (Å²) in [4.78, 5) is 24.3. The minimum atomic E-state index is -3.61. The van der Waals surface area contributed by atoms with E-state index in [0.717, 1.165) is 25.9 Å². The predicted octanol–water partition coefficient (Wildman–Crippen LogP) is -0.309. The number of hydrogen-bond acceptors (Lipinski definition) is 7. The Morgan fingerprint density at radius 3 is 2.50 bits per heavy atom. The van der Waals surface area contributed by atoms with Crippen LogP contribution in [0.3, 0.4) is 0 Å². The van der Waals surface area contributed by atoms with E-state index < -0.39 is 10.0 Å². The summed E-state index contributed by atoms with van der Waals surface area (Å²) in [6.45, 7) is 2.07. The number of aromatic nitrogens is 2. The largest absolute Gasteiger partial charge is 0.368 e. The van der Waals surface area contributed by atoms with Gasteiger partial charge in [0, 0.05) is 38.0 Å². The van der Waals surface area contributed by atoms with E-state index in [2.05, 4.69) is 14.9 Å². The quantitative estimate of drug-likeness (QED) is 0.757. The summed E-state index contributed by atoms with van der Waals surface area (Å²) in [5.74, 6) is 0.517. The molecule has 0 aliphatic carbocycles. The number of hydrogen-bond donors (Lipinski definition) is 2. The second-order valence-corrected chi connectivity index (χ2v) is 8.05. The molecule has 0 bridgehead atoms. The van der Waals surface area contributed by atoms with Gasteiger partial charge in [0.1, 0.15) is 11.6 Å². The number of nitrogen functional groups attached to an aromatic ring is 1. The SMILES string of the molecule is Nc1nc(N2CCCCC2)cc(N2CC(CS(N)(=O)=O)CC2=O)n1. The van der Waals surface area contributed by atoms with Crippen molar-refractivity contribution >= 4 is 33.5 Å². The van der Waals surface area contributed by atoms with Crippen molar-refractivity contribution in [2.24, 2.45) is 11.1 Å². The zero-order valence-corrected chi connectivity index (χ0v) is 14.2. The molecule has 2 fully saturated rings. The number of carbonyl (C=O) groups excluding carboxylic acids is 1. The van der Waals surface area contributed by atoms with Gasteiger partial charge in [-0.2, -0.15) is 9.97 Å². The lowest BCUT2D eigenvalue weighted by Gasteiger charge is -2.28. The van der Waals surface area contributed by atoms with Gasteiger partial charge in [0.15, 0.2) is 0 Å². The molecule has 9 nitrogen and oxygen atoms in total. The van der Waals surface area contributed by atoms with Crippen LogP contribution in [0, 0.1) is 5.92 Å². The fraction of sp³-hybridized carbons (Fsp3) is 0.643. The topological polar surface area (TPSA) is 136 Å². The normalized spacial score (nSPS) is 22.2. The summed E-state index contributed by atoms with van der Waals surface area (Å²) in [6, 6.07) is 1.75. The van der Waals surface area contributed by atoms with Crippen molar-refractivity contribution in [1.29, 1.82) is 0 Å². The highest BCUT2D eigenvalue weighted by Crippen LogP contribution is 2.28. The fourth-order valence-corrected chi connectivity index (χ4v) is 4.19. The van der Waals surface area contributed by atoms with Gasteiger partial charge in [-0.05, 0) is 19.3 Å². The van der Waals surface area contributed by atoms with Gasteiger partial charge >= 0.3 is 0 Å². The molecule has 0 saturated carbocycles. The molecule has 0 radical (unpaired) electrons. The summed E-state index contributed by atoms with van der Waals surface area (Å²) < 4.78 is 22.5. The zero-order chi connectivity index (χ0) is 17.3.